The van der Waals surface area contributed by atoms with Crippen LogP contribution in [0, 0.1) is 11.2 Å². The molecule has 1 rings (SSSR count). The van der Waals surface area contributed by atoms with E-state index in [1.54, 1.807) is 0 Å². The number of benzene rings is 1. The van der Waals surface area contributed by atoms with Gasteiger partial charge in [0, 0.05) is 11.7 Å². The van der Waals surface area contributed by atoms with Gasteiger partial charge in [-0.05, 0) is 45.4 Å². The first-order valence-electron chi connectivity index (χ1n) is 6.76. The minimum atomic E-state index is -1.25. The number of anilines is 1. The summed E-state index contributed by atoms with van der Waals surface area (Å²) in [7, 11) is 0. The van der Waals surface area contributed by atoms with Crippen LogP contribution in [0.2, 0.25) is 5.02 Å². The Kier molecular flexibility index (Phi) is 5.72. The average Bonchev–Trinajstić information content (AvgIpc) is 2.42. The van der Waals surface area contributed by atoms with Gasteiger partial charge in [-0.2, -0.15) is 0 Å². The van der Waals surface area contributed by atoms with Gasteiger partial charge in [0.15, 0.2) is 0 Å². The Morgan fingerprint density at radius 3 is 2.48 bits per heavy atom. The van der Waals surface area contributed by atoms with Crippen molar-refractivity contribution in [3.8, 4) is 0 Å². The third-order valence-electron chi connectivity index (χ3n) is 3.30. The maximum Gasteiger partial charge on any atom is 0.239 e. The molecule has 2 amide bonds. The zero-order chi connectivity index (χ0) is 16.2. The highest BCUT2D eigenvalue weighted by atomic mass is 35.5. The second kappa shape index (κ2) is 6.89. The van der Waals surface area contributed by atoms with E-state index in [-0.39, 0.29) is 17.0 Å². The Hall–Kier alpha value is -1.62. The van der Waals surface area contributed by atoms with Gasteiger partial charge in [-0.3, -0.25) is 9.59 Å². The topological polar surface area (TPSA) is 58.2 Å². The molecule has 0 spiro atoms. The lowest BCUT2D eigenvalue weighted by atomic mass is 9.90. The van der Waals surface area contributed by atoms with Crippen LogP contribution in [0.1, 0.15) is 34.1 Å². The van der Waals surface area contributed by atoms with E-state index in [0.29, 0.717) is 5.69 Å². The molecule has 21 heavy (non-hydrogen) atoms. The van der Waals surface area contributed by atoms with Crippen LogP contribution in [0.15, 0.2) is 18.2 Å². The molecule has 2 N–H and O–H groups in total. The smallest absolute Gasteiger partial charge is 0.239 e. The predicted octanol–water partition coefficient (Wildman–Crippen LogP) is 3.36. The third-order valence-corrected chi connectivity index (χ3v) is 3.59. The van der Waals surface area contributed by atoms with Crippen molar-refractivity contribution in [1.29, 1.82) is 0 Å². The van der Waals surface area contributed by atoms with Crippen LogP contribution in [0.4, 0.5) is 10.1 Å². The zero-order valence-electron chi connectivity index (χ0n) is 12.6. The summed E-state index contributed by atoms with van der Waals surface area (Å²) < 4.78 is 13.1. The lowest BCUT2D eigenvalue weighted by Crippen LogP contribution is -2.47. The summed E-state index contributed by atoms with van der Waals surface area (Å²) in [5.41, 5.74) is -0.902. The van der Waals surface area contributed by atoms with Crippen LogP contribution in [-0.2, 0) is 9.59 Å². The van der Waals surface area contributed by atoms with Gasteiger partial charge in [0.1, 0.15) is 11.2 Å². The lowest BCUT2D eigenvalue weighted by Gasteiger charge is -2.24. The SMILES string of the molecule is CCC(C)NC(=O)C(C)(C)C(=O)Nc1ccc(F)c(Cl)c1. The molecule has 1 unspecified atom stereocenters. The average molecular weight is 315 g/mol. The highest BCUT2D eigenvalue weighted by molar-refractivity contribution is 6.31. The molecule has 4 nitrogen and oxygen atoms in total. The van der Waals surface area contributed by atoms with Gasteiger partial charge < -0.3 is 10.6 Å². The van der Waals surface area contributed by atoms with Crippen LogP contribution < -0.4 is 10.6 Å². The highest BCUT2D eigenvalue weighted by Crippen LogP contribution is 2.23. The van der Waals surface area contributed by atoms with E-state index >= 15 is 0 Å². The number of hydrogen-bond donors (Lipinski definition) is 2. The Morgan fingerprint density at radius 2 is 1.95 bits per heavy atom. The number of carbonyl (C=O) groups is 2. The Bertz CT molecular complexity index is 546. The van der Waals surface area contributed by atoms with Crippen LogP contribution >= 0.6 is 11.6 Å². The van der Waals surface area contributed by atoms with Crippen LogP contribution in [0.3, 0.4) is 0 Å². The maximum atomic E-state index is 13.1. The normalized spacial score (nSPS) is 12.7. The second-order valence-electron chi connectivity index (χ2n) is 5.49. The van der Waals surface area contributed by atoms with Gasteiger partial charge >= 0.3 is 0 Å². The molecule has 1 aromatic carbocycles. The zero-order valence-corrected chi connectivity index (χ0v) is 13.3. The standard InChI is InChI=1S/C15H20ClFN2O2/c1-5-9(2)18-13(20)15(3,4)14(21)19-10-6-7-12(17)11(16)8-10/h6-9H,5H2,1-4H3,(H,18,20)(H,19,21). The van der Waals surface area contributed by atoms with Crippen molar-refractivity contribution < 1.29 is 14.0 Å². The van der Waals surface area contributed by atoms with Gasteiger partial charge in [-0.25, -0.2) is 4.39 Å². The maximum absolute atomic E-state index is 13.1. The highest BCUT2D eigenvalue weighted by Gasteiger charge is 2.36. The molecule has 0 aliphatic carbocycles. The molecule has 0 radical (unpaired) electrons. The number of carbonyl (C=O) groups excluding carboxylic acids is 2. The molecular weight excluding hydrogens is 295 g/mol. The molecule has 6 heteroatoms. The van der Waals surface area contributed by atoms with Crippen molar-refractivity contribution in [3.05, 3.63) is 29.0 Å². The summed E-state index contributed by atoms with van der Waals surface area (Å²) in [6, 6.07) is 3.84. The summed E-state index contributed by atoms with van der Waals surface area (Å²) in [6.07, 6.45) is 0.775. The van der Waals surface area contributed by atoms with E-state index in [1.807, 2.05) is 13.8 Å². The van der Waals surface area contributed by atoms with Gasteiger partial charge in [-0.15, -0.1) is 0 Å². The molecule has 1 atom stereocenters. The van der Waals surface area contributed by atoms with Gasteiger partial charge in [-0.1, -0.05) is 18.5 Å². The monoisotopic (exact) mass is 314 g/mol. The van der Waals surface area contributed by atoms with Crippen molar-refractivity contribution in [2.45, 2.75) is 40.2 Å². The first-order chi connectivity index (χ1) is 9.68. The van der Waals surface area contributed by atoms with E-state index in [1.165, 1.54) is 26.0 Å². The van der Waals surface area contributed by atoms with Crippen molar-refractivity contribution in [3.63, 3.8) is 0 Å². The molecule has 0 saturated heterocycles. The first kappa shape index (κ1) is 17.4. The van der Waals surface area contributed by atoms with Crippen LogP contribution in [0.25, 0.3) is 0 Å². The summed E-state index contributed by atoms with van der Waals surface area (Å²) >= 11 is 5.66. The van der Waals surface area contributed by atoms with Crippen molar-refractivity contribution in [1.82, 2.24) is 5.32 Å². The summed E-state index contributed by atoms with van der Waals surface area (Å²) in [5.74, 6) is -1.41. The largest absolute Gasteiger partial charge is 0.353 e. The minimum absolute atomic E-state index is 0.00941. The fraction of sp³-hybridized carbons (Fsp3) is 0.467. The Labute approximate surface area is 129 Å². The number of halogens is 2. The molecule has 0 aromatic heterocycles. The van der Waals surface area contributed by atoms with Crippen LogP contribution in [-0.4, -0.2) is 17.9 Å². The Balaban J connectivity index is 2.81. The van der Waals surface area contributed by atoms with Crippen molar-refractivity contribution in [2.24, 2.45) is 5.41 Å². The van der Waals surface area contributed by atoms with E-state index in [0.717, 1.165) is 12.5 Å². The van der Waals surface area contributed by atoms with Gasteiger partial charge in [0.25, 0.3) is 0 Å². The molecule has 0 fully saturated rings. The summed E-state index contributed by atoms with van der Waals surface area (Å²) in [5, 5.41) is 5.25. The van der Waals surface area contributed by atoms with E-state index in [4.69, 9.17) is 11.6 Å². The molecule has 0 aliphatic heterocycles. The van der Waals surface area contributed by atoms with Crippen molar-refractivity contribution >= 4 is 29.1 Å². The molecule has 0 aliphatic rings. The first-order valence-corrected chi connectivity index (χ1v) is 7.13. The molecule has 1 aromatic rings. The van der Waals surface area contributed by atoms with Gasteiger partial charge in [0.2, 0.25) is 11.8 Å². The number of amides is 2. The molecular formula is C15H20ClFN2O2. The summed E-state index contributed by atoms with van der Waals surface area (Å²) in [6.45, 7) is 6.88. The molecule has 0 heterocycles. The van der Waals surface area contributed by atoms with E-state index in [9.17, 15) is 14.0 Å². The van der Waals surface area contributed by atoms with Crippen molar-refractivity contribution in [2.75, 3.05) is 5.32 Å². The van der Waals surface area contributed by atoms with Gasteiger partial charge in [0.05, 0.1) is 5.02 Å². The number of nitrogens with one attached hydrogen (secondary N) is 2. The lowest BCUT2D eigenvalue weighted by molar-refractivity contribution is -0.138. The van der Waals surface area contributed by atoms with E-state index < -0.39 is 17.1 Å². The Morgan fingerprint density at radius 1 is 1.33 bits per heavy atom. The number of hydrogen-bond acceptors (Lipinski definition) is 2. The number of rotatable bonds is 5. The quantitative estimate of drug-likeness (QED) is 0.819. The molecule has 116 valence electrons. The minimum Gasteiger partial charge on any atom is -0.353 e. The molecule has 0 bridgehead atoms. The molecule has 0 saturated carbocycles. The third kappa shape index (κ3) is 4.43. The predicted molar refractivity (Wildman–Crippen MR) is 81.7 cm³/mol. The second-order valence-corrected chi connectivity index (χ2v) is 5.90. The summed E-state index contributed by atoms with van der Waals surface area (Å²) in [4.78, 5) is 24.4. The van der Waals surface area contributed by atoms with Crippen LogP contribution in [0.5, 0.6) is 0 Å². The fourth-order valence-electron chi connectivity index (χ4n) is 1.47. The fourth-order valence-corrected chi connectivity index (χ4v) is 1.65. The van der Waals surface area contributed by atoms with E-state index in [2.05, 4.69) is 10.6 Å².